The number of anilines is 1. The first-order valence-corrected chi connectivity index (χ1v) is 14.2. The molecule has 0 bridgehead atoms. The first-order valence-electron chi connectivity index (χ1n) is 14.2. The predicted octanol–water partition coefficient (Wildman–Crippen LogP) is 5.83. The van der Waals surface area contributed by atoms with Gasteiger partial charge in [0.05, 0.1) is 27.9 Å². The monoisotopic (exact) mass is 568 g/mol. The number of fused-ring (bicyclic) bond motifs is 3. The zero-order valence-electron chi connectivity index (χ0n) is 24.2. The van der Waals surface area contributed by atoms with Crippen molar-refractivity contribution in [2.75, 3.05) is 11.9 Å². The van der Waals surface area contributed by atoms with E-state index in [1.54, 1.807) is 0 Å². The summed E-state index contributed by atoms with van der Waals surface area (Å²) >= 11 is 0. The highest BCUT2D eigenvalue weighted by atomic mass is 16.2. The van der Waals surface area contributed by atoms with Gasteiger partial charge in [0.25, 0.3) is 23.6 Å². The maximum atomic E-state index is 13.6. The molecule has 1 aliphatic carbocycles. The minimum atomic E-state index is -0.503. The molecule has 7 heteroatoms. The molecule has 4 aromatic carbocycles. The highest BCUT2D eigenvalue weighted by Crippen LogP contribution is 2.55. The minimum absolute atomic E-state index is 0.0335. The molecule has 0 fully saturated rings. The Kier molecular flexibility index (Phi) is 5.54. The second-order valence-corrected chi connectivity index (χ2v) is 12.4. The van der Waals surface area contributed by atoms with Crippen molar-refractivity contribution < 1.29 is 24.0 Å². The van der Waals surface area contributed by atoms with E-state index in [-0.39, 0.29) is 44.2 Å². The van der Waals surface area contributed by atoms with Crippen LogP contribution in [0.25, 0.3) is 0 Å². The fraction of sp³-hybridized carbons (Fsp3) is 0.194. The van der Waals surface area contributed by atoms with Crippen LogP contribution in [0.15, 0.2) is 84.9 Å². The molecule has 0 saturated heterocycles. The highest BCUT2D eigenvalue weighted by molar-refractivity contribution is 6.35. The number of carbonyl (C=O) groups is 5. The van der Waals surface area contributed by atoms with Gasteiger partial charge in [-0.05, 0) is 64.9 Å². The summed E-state index contributed by atoms with van der Waals surface area (Å²) in [6, 6.07) is 24.9. The van der Waals surface area contributed by atoms with E-state index in [4.69, 9.17) is 0 Å². The molecule has 2 heterocycles. The van der Waals surface area contributed by atoms with Crippen LogP contribution in [0.2, 0.25) is 0 Å². The normalized spacial score (nSPS) is 20.0. The molecule has 2 aliphatic heterocycles. The standard InChI is InChI=1S/C36H28N2O5/c1-35(2)19-22-7-5-6-8-29(22)36(35,3)23-11-13-24(14-12-23)38-33(42)26-16-10-21(18-28(26)34(38)43)30(39)20-9-15-25-27(17-20)32(41)37(4)31(25)40/h5-18H,19H2,1-4H3. The van der Waals surface area contributed by atoms with Crippen LogP contribution in [0.4, 0.5) is 5.69 Å². The second-order valence-electron chi connectivity index (χ2n) is 12.4. The molecule has 212 valence electrons. The third-order valence-electron chi connectivity index (χ3n) is 9.75. The minimum Gasteiger partial charge on any atom is -0.289 e. The molecule has 3 aliphatic rings. The second kappa shape index (κ2) is 8.91. The number of nitrogens with zero attached hydrogens (tertiary/aromatic N) is 2. The average Bonchev–Trinajstić information content (AvgIpc) is 3.49. The summed E-state index contributed by atoms with van der Waals surface area (Å²) in [6.45, 7) is 6.78. The van der Waals surface area contributed by atoms with Gasteiger partial charge < -0.3 is 0 Å². The first-order chi connectivity index (χ1) is 20.4. The molecule has 7 rings (SSSR count). The van der Waals surface area contributed by atoms with Crippen LogP contribution < -0.4 is 4.90 Å². The zero-order valence-corrected chi connectivity index (χ0v) is 24.2. The zero-order chi connectivity index (χ0) is 30.4. The number of hydrogen-bond donors (Lipinski definition) is 0. The third kappa shape index (κ3) is 3.57. The Balaban J connectivity index is 1.18. The topological polar surface area (TPSA) is 91.8 Å². The Hall–Kier alpha value is -5.17. The van der Waals surface area contributed by atoms with Crippen LogP contribution in [-0.2, 0) is 11.8 Å². The van der Waals surface area contributed by atoms with E-state index in [1.165, 1.54) is 54.6 Å². The van der Waals surface area contributed by atoms with Gasteiger partial charge in [-0.2, -0.15) is 0 Å². The predicted molar refractivity (Wildman–Crippen MR) is 161 cm³/mol. The smallest absolute Gasteiger partial charge is 0.266 e. The summed E-state index contributed by atoms with van der Waals surface area (Å²) in [7, 11) is 1.39. The third-order valence-corrected chi connectivity index (χ3v) is 9.75. The number of amides is 4. The molecule has 0 N–H and O–H groups in total. The fourth-order valence-electron chi connectivity index (χ4n) is 6.96. The van der Waals surface area contributed by atoms with Crippen LogP contribution in [0.1, 0.15) is 94.8 Å². The van der Waals surface area contributed by atoms with E-state index < -0.39 is 29.4 Å². The molecule has 0 spiro atoms. The average molecular weight is 569 g/mol. The van der Waals surface area contributed by atoms with Crippen molar-refractivity contribution in [3.8, 4) is 0 Å². The van der Waals surface area contributed by atoms with Crippen molar-refractivity contribution in [1.82, 2.24) is 4.90 Å². The molecule has 1 atom stereocenters. The van der Waals surface area contributed by atoms with Gasteiger partial charge in [-0.25, -0.2) is 4.90 Å². The lowest BCUT2D eigenvalue weighted by Gasteiger charge is -2.40. The number of carbonyl (C=O) groups excluding carboxylic acids is 5. The van der Waals surface area contributed by atoms with Gasteiger partial charge >= 0.3 is 0 Å². The van der Waals surface area contributed by atoms with Crippen molar-refractivity contribution in [2.45, 2.75) is 32.6 Å². The van der Waals surface area contributed by atoms with Gasteiger partial charge in [-0.1, -0.05) is 69.3 Å². The molecule has 0 aromatic heterocycles. The van der Waals surface area contributed by atoms with Gasteiger partial charge in [0, 0.05) is 23.6 Å². The number of rotatable bonds is 4. The van der Waals surface area contributed by atoms with Crippen molar-refractivity contribution >= 4 is 35.1 Å². The van der Waals surface area contributed by atoms with Crippen LogP contribution in [0.3, 0.4) is 0 Å². The molecule has 0 saturated carbocycles. The number of ketones is 1. The Bertz CT molecular complexity index is 1950. The molecule has 43 heavy (non-hydrogen) atoms. The summed E-state index contributed by atoms with van der Waals surface area (Å²) in [5, 5.41) is 0. The quantitative estimate of drug-likeness (QED) is 0.228. The lowest BCUT2D eigenvalue weighted by atomic mass is 9.63. The van der Waals surface area contributed by atoms with Crippen LogP contribution in [0.5, 0.6) is 0 Å². The Morgan fingerprint density at radius 1 is 0.651 bits per heavy atom. The van der Waals surface area contributed by atoms with E-state index in [0.29, 0.717) is 5.69 Å². The van der Waals surface area contributed by atoms with E-state index in [1.807, 2.05) is 24.3 Å². The lowest BCUT2D eigenvalue weighted by molar-refractivity contribution is 0.0692. The SMILES string of the molecule is CN1C(=O)c2ccc(C(=O)c3ccc4c(c3)C(=O)N(c3ccc(C5(C)c6ccccc6CC5(C)C)cc3)C4=O)cc2C1=O. The van der Waals surface area contributed by atoms with E-state index >= 15 is 0 Å². The van der Waals surface area contributed by atoms with Crippen LogP contribution in [-0.4, -0.2) is 41.4 Å². The van der Waals surface area contributed by atoms with Crippen LogP contribution in [0, 0.1) is 5.41 Å². The van der Waals surface area contributed by atoms with Gasteiger partial charge in [0.15, 0.2) is 5.78 Å². The van der Waals surface area contributed by atoms with Gasteiger partial charge in [-0.3, -0.25) is 28.9 Å². The summed E-state index contributed by atoms with van der Waals surface area (Å²) < 4.78 is 0. The number of imide groups is 2. The molecule has 7 nitrogen and oxygen atoms in total. The molecule has 1 unspecified atom stereocenters. The molecule has 0 radical (unpaired) electrons. The van der Waals surface area contributed by atoms with Gasteiger partial charge in [-0.15, -0.1) is 0 Å². The van der Waals surface area contributed by atoms with Crippen molar-refractivity contribution in [1.29, 1.82) is 0 Å². The summed E-state index contributed by atoms with van der Waals surface area (Å²) in [5.41, 5.74) is 5.10. The highest BCUT2D eigenvalue weighted by Gasteiger charge is 2.50. The summed E-state index contributed by atoms with van der Waals surface area (Å²) in [4.78, 5) is 67.1. The van der Waals surface area contributed by atoms with E-state index in [2.05, 4.69) is 45.0 Å². The first kappa shape index (κ1) is 26.7. The maximum Gasteiger partial charge on any atom is 0.266 e. The van der Waals surface area contributed by atoms with Crippen molar-refractivity contribution in [2.24, 2.45) is 5.41 Å². The largest absolute Gasteiger partial charge is 0.289 e. The van der Waals surface area contributed by atoms with Crippen molar-refractivity contribution in [3.05, 3.63) is 135 Å². The Morgan fingerprint density at radius 2 is 1.19 bits per heavy atom. The van der Waals surface area contributed by atoms with Crippen molar-refractivity contribution in [3.63, 3.8) is 0 Å². The van der Waals surface area contributed by atoms with Gasteiger partial charge in [0.1, 0.15) is 0 Å². The Morgan fingerprint density at radius 3 is 1.84 bits per heavy atom. The van der Waals surface area contributed by atoms with E-state index in [0.717, 1.165) is 21.8 Å². The van der Waals surface area contributed by atoms with Crippen LogP contribution >= 0.6 is 0 Å². The van der Waals surface area contributed by atoms with Gasteiger partial charge in [0.2, 0.25) is 0 Å². The molecule has 4 amide bonds. The molecular formula is C36H28N2O5. The lowest BCUT2D eigenvalue weighted by Crippen LogP contribution is -2.36. The molecule has 4 aromatic rings. The number of hydrogen-bond acceptors (Lipinski definition) is 5. The summed E-state index contributed by atoms with van der Waals surface area (Å²) in [5.74, 6) is -2.26. The number of benzene rings is 4. The maximum absolute atomic E-state index is 13.6. The summed E-state index contributed by atoms with van der Waals surface area (Å²) in [6.07, 6.45) is 0.956. The fourth-order valence-corrected chi connectivity index (χ4v) is 6.96. The molecular weight excluding hydrogens is 540 g/mol. The van der Waals surface area contributed by atoms with E-state index in [9.17, 15) is 24.0 Å². The Labute approximate surface area is 248 Å².